The molecule has 4 nitrogen and oxygen atoms in total. The number of carboxylic acids is 1. The van der Waals surface area contributed by atoms with Crippen LogP contribution in [0.4, 0.5) is 0 Å². The van der Waals surface area contributed by atoms with Gasteiger partial charge in [-0.1, -0.05) is 41.4 Å². The lowest BCUT2D eigenvalue weighted by molar-refractivity contribution is 0.0697. The SMILES string of the molecule is Cc1ccc(C(=O)/C=C/c2ccc(-c3ccc(Cl)c(C(=O)O)c3)o2)cc1. The average molecular weight is 367 g/mol. The predicted molar refractivity (Wildman–Crippen MR) is 101 cm³/mol. The van der Waals surface area contributed by atoms with Crippen molar-refractivity contribution in [2.45, 2.75) is 6.92 Å². The number of hydrogen-bond acceptors (Lipinski definition) is 3. The maximum Gasteiger partial charge on any atom is 0.337 e. The Morgan fingerprint density at radius 3 is 2.46 bits per heavy atom. The van der Waals surface area contributed by atoms with Crippen LogP contribution in [0.2, 0.25) is 5.02 Å². The molecule has 0 aliphatic carbocycles. The first kappa shape index (κ1) is 17.7. The van der Waals surface area contributed by atoms with E-state index in [9.17, 15) is 9.59 Å². The molecular formula is C21H15ClO4. The highest BCUT2D eigenvalue weighted by Crippen LogP contribution is 2.27. The Hall–Kier alpha value is -3.11. The second kappa shape index (κ2) is 7.42. The van der Waals surface area contributed by atoms with E-state index in [2.05, 4.69) is 0 Å². The molecule has 0 radical (unpaired) electrons. The third-order valence-electron chi connectivity index (χ3n) is 3.84. The van der Waals surface area contributed by atoms with E-state index < -0.39 is 5.97 Å². The fraction of sp³-hybridized carbons (Fsp3) is 0.0476. The number of allylic oxidation sites excluding steroid dienone is 1. The summed E-state index contributed by atoms with van der Waals surface area (Å²) in [5.74, 6) is -0.242. The van der Waals surface area contributed by atoms with Crippen molar-refractivity contribution in [1.82, 2.24) is 0 Å². The summed E-state index contributed by atoms with van der Waals surface area (Å²) in [5.41, 5.74) is 2.29. The standard InChI is InChI=1S/C21H15ClO4/c1-13-2-4-14(5-3-13)19(23)10-7-16-8-11-20(26-16)15-6-9-18(22)17(12-15)21(24)25/h2-12H,1H3,(H,24,25)/b10-7+. The molecule has 0 atom stereocenters. The van der Waals surface area contributed by atoms with Gasteiger partial charge in [0.2, 0.25) is 0 Å². The summed E-state index contributed by atoms with van der Waals surface area (Å²) in [6, 6.07) is 15.4. The third-order valence-corrected chi connectivity index (χ3v) is 4.17. The molecule has 0 aliphatic heterocycles. The Balaban J connectivity index is 1.80. The molecule has 0 amide bonds. The smallest absolute Gasteiger partial charge is 0.337 e. The van der Waals surface area contributed by atoms with Gasteiger partial charge in [0.15, 0.2) is 5.78 Å². The number of rotatable bonds is 5. The first-order valence-corrected chi connectivity index (χ1v) is 8.24. The van der Waals surface area contributed by atoms with E-state index in [1.165, 1.54) is 18.2 Å². The summed E-state index contributed by atoms with van der Waals surface area (Å²) in [4.78, 5) is 23.3. The second-order valence-corrected chi connectivity index (χ2v) is 6.17. The van der Waals surface area contributed by atoms with Crippen molar-refractivity contribution < 1.29 is 19.1 Å². The van der Waals surface area contributed by atoms with Gasteiger partial charge in [0.25, 0.3) is 0 Å². The zero-order chi connectivity index (χ0) is 18.7. The number of carboxylic acid groups (broad SMARTS) is 1. The number of ketones is 1. The second-order valence-electron chi connectivity index (χ2n) is 5.77. The van der Waals surface area contributed by atoms with Gasteiger partial charge in [0, 0.05) is 11.1 Å². The van der Waals surface area contributed by atoms with Crippen molar-refractivity contribution in [3.63, 3.8) is 0 Å². The van der Waals surface area contributed by atoms with E-state index in [1.807, 2.05) is 19.1 Å². The zero-order valence-electron chi connectivity index (χ0n) is 13.9. The van der Waals surface area contributed by atoms with Crippen molar-refractivity contribution in [2.24, 2.45) is 0 Å². The summed E-state index contributed by atoms with van der Waals surface area (Å²) < 4.78 is 5.67. The van der Waals surface area contributed by atoms with Crippen LogP contribution in [0.1, 0.15) is 32.0 Å². The maximum atomic E-state index is 12.2. The molecule has 26 heavy (non-hydrogen) atoms. The number of aryl methyl sites for hydroxylation is 1. The van der Waals surface area contributed by atoms with Crippen molar-refractivity contribution in [2.75, 3.05) is 0 Å². The molecule has 1 N–H and O–H groups in total. The number of hydrogen-bond donors (Lipinski definition) is 1. The summed E-state index contributed by atoms with van der Waals surface area (Å²) in [6.07, 6.45) is 3.03. The summed E-state index contributed by atoms with van der Waals surface area (Å²) in [5, 5.41) is 9.31. The molecule has 0 saturated heterocycles. The molecule has 3 rings (SSSR count). The molecule has 0 spiro atoms. The Kier molecular flexibility index (Phi) is 5.05. The minimum Gasteiger partial charge on any atom is -0.478 e. The molecule has 0 aliphatic rings. The van der Waals surface area contributed by atoms with E-state index >= 15 is 0 Å². The summed E-state index contributed by atoms with van der Waals surface area (Å²) >= 11 is 5.88. The molecule has 5 heteroatoms. The Morgan fingerprint density at radius 1 is 1.04 bits per heavy atom. The van der Waals surface area contributed by atoms with Crippen LogP contribution < -0.4 is 0 Å². The fourth-order valence-corrected chi connectivity index (χ4v) is 2.61. The molecule has 0 unspecified atom stereocenters. The highest BCUT2D eigenvalue weighted by Gasteiger charge is 2.12. The van der Waals surface area contributed by atoms with Gasteiger partial charge in [-0.2, -0.15) is 0 Å². The van der Waals surface area contributed by atoms with Crippen LogP contribution in [-0.2, 0) is 0 Å². The number of halogens is 1. The van der Waals surface area contributed by atoms with Gasteiger partial charge in [-0.15, -0.1) is 0 Å². The van der Waals surface area contributed by atoms with Crippen LogP contribution in [0.5, 0.6) is 0 Å². The topological polar surface area (TPSA) is 67.5 Å². The summed E-state index contributed by atoms with van der Waals surface area (Å²) in [6.45, 7) is 1.96. The minimum atomic E-state index is -1.10. The van der Waals surface area contributed by atoms with Crippen LogP contribution in [0.25, 0.3) is 17.4 Å². The number of carbonyl (C=O) groups excluding carboxylic acids is 1. The minimum absolute atomic E-state index is 0.00667. The van der Waals surface area contributed by atoms with Gasteiger partial charge in [0.05, 0.1) is 10.6 Å². The number of carbonyl (C=O) groups is 2. The first-order chi connectivity index (χ1) is 12.4. The molecule has 0 fully saturated rings. The quantitative estimate of drug-likeness (QED) is 0.478. The van der Waals surface area contributed by atoms with E-state index in [0.29, 0.717) is 22.6 Å². The van der Waals surface area contributed by atoms with Crippen molar-refractivity contribution in [3.8, 4) is 11.3 Å². The maximum absolute atomic E-state index is 12.2. The van der Waals surface area contributed by atoms with E-state index in [0.717, 1.165) is 5.56 Å². The molecule has 2 aromatic carbocycles. The van der Waals surface area contributed by atoms with Crippen LogP contribution in [0, 0.1) is 6.92 Å². The highest BCUT2D eigenvalue weighted by molar-refractivity contribution is 6.33. The first-order valence-electron chi connectivity index (χ1n) is 7.86. The lowest BCUT2D eigenvalue weighted by Gasteiger charge is -2.02. The third kappa shape index (κ3) is 3.92. The average Bonchev–Trinajstić information content (AvgIpc) is 3.09. The van der Waals surface area contributed by atoms with Gasteiger partial charge in [-0.05, 0) is 49.4 Å². The lowest BCUT2D eigenvalue weighted by Crippen LogP contribution is -1.97. The van der Waals surface area contributed by atoms with Crippen molar-refractivity contribution >= 4 is 29.4 Å². The van der Waals surface area contributed by atoms with Crippen LogP contribution in [-0.4, -0.2) is 16.9 Å². The highest BCUT2D eigenvalue weighted by atomic mass is 35.5. The van der Waals surface area contributed by atoms with Crippen LogP contribution >= 0.6 is 11.6 Å². The molecule has 0 bridgehead atoms. The lowest BCUT2D eigenvalue weighted by atomic mass is 10.1. The number of aromatic carboxylic acids is 1. The fourth-order valence-electron chi connectivity index (χ4n) is 2.41. The molecule has 3 aromatic rings. The number of benzene rings is 2. The van der Waals surface area contributed by atoms with Crippen molar-refractivity contribution in [1.29, 1.82) is 0 Å². The van der Waals surface area contributed by atoms with E-state index in [4.69, 9.17) is 21.1 Å². The van der Waals surface area contributed by atoms with Gasteiger partial charge in [-0.25, -0.2) is 4.79 Å². The Labute approximate surface area is 155 Å². The molecule has 0 saturated carbocycles. The van der Waals surface area contributed by atoms with Gasteiger partial charge in [-0.3, -0.25) is 4.79 Å². The van der Waals surface area contributed by atoms with Crippen LogP contribution in [0.3, 0.4) is 0 Å². The molecule has 130 valence electrons. The van der Waals surface area contributed by atoms with Crippen LogP contribution in [0.15, 0.2) is 65.1 Å². The van der Waals surface area contributed by atoms with Crippen molar-refractivity contribution in [3.05, 3.63) is 88.1 Å². The molecule has 1 aromatic heterocycles. The monoisotopic (exact) mass is 366 g/mol. The Morgan fingerprint density at radius 2 is 1.77 bits per heavy atom. The molecular weight excluding hydrogens is 352 g/mol. The van der Waals surface area contributed by atoms with E-state index in [-0.39, 0.29) is 16.4 Å². The van der Waals surface area contributed by atoms with Gasteiger partial charge >= 0.3 is 5.97 Å². The molecule has 1 heterocycles. The Bertz CT molecular complexity index is 997. The van der Waals surface area contributed by atoms with Gasteiger partial charge < -0.3 is 9.52 Å². The van der Waals surface area contributed by atoms with E-state index in [1.54, 1.807) is 36.4 Å². The normalized spacial score (nSPS) is 11.0. The number of furan rings is 1. The predicted octanol–water partition coefficient (Wildman–Crippen LogP) is 5.50. The summed E-state index contributed by atoms with van der Waals surface area (Å²) in [7, 11) is 0. The zero-order valence-corrected chi connectivity index (χ0v) is 14.7. The largest absolute Gasteiger partial charge is 0.478 e. The van der Waals surface area contributed by atoms with Gasteiger partial charge in [0.1, 0.15) is 11.5 Å².